The number of ketones is 1. The van der Waals surface area contributed by atoms with Crippen LogP contribution in [0, 0.1) is 0 Å². The summed E-state index contributed by atoms with van der Waals surface area (Å²) in [7, 11) is 1.60. The predicted octanol–water partition coefficient (Wildman–Crippen LogP) is 2.82. The highest BCUT2D eigenvalue weighted by molar-refractivity contribution is 6.00. The van der Waals surface area contributed by atoms with E-state index >= 15 is 0 Å². The minimum atomic E-state index is -0.473. The fraction of sp³-hybridized carbons (Fsp3) is 0.556. The quantitative estimate of drug-likeness (QED) is 0.860. The maximum Gasteiger partial charge on any atom is 0.222 e. The van der Waals surface area contributed by atoms with Crippen LogP contribution in [0.2, 0.25) is 0 Å². The number of likely N-dealkylation sites (tertiary alicyclic amines) is 1. The van der Waals surface area contributed by atoms with Crippen LogP contribution >= 0.6 is 0 Å². The lowest BCUT2D eigenvalue weighted by Crippen LogP contribution is -2.52. The molecule has 1 spiro atoms. The van der Waals surface area contributed by atoms with Crippen molar-refractivity contribution in [2.45, 2.75) is 44.6 Å². The molecule has 1 aromatic rings. The molecule has 1 aromatic carbocycles. The van der Waals surface area contributed by atoms with Crippen molar-refractivity contribution in [2.75, 3.05) is 20.2 Å². The number of carbonyl (C=O) groups excluding carboxylic acids is 2. The van der Waals surface area contributed by atoms with E-state index in [-0.39, 0.29) is 11.7 Å². The van der Waals surface area contributed by atoms with E-state index in [0.29, 0.717) is 55.8 Å². The van der Waals surface area contributed by atoms with Gasteiger partial charge in [0.15, 0.2) is 5.78 Å². The molecule has 0 unspecified atom stereocenters. The molecule has 5 heteroatoms. The van der Waals surface area contributed by atoms with Crippen LogP contribution in [0.3, 0.4) is 0 Å². The summed E-state index contributed by atoms with van der Waals surface area (Å²) in [5.74, 6) is 1.60. The largest absolute Gasteiger partial charge is 0.497 e. The molecule has 23 heavy (non-hydrogen) atoms. The summed E-state index contributed by atoms with van der Waals surface area (Å²) in [4.78, 5) is 26.4. The summed E-state index contributed by atoms with van der Waals surface area (Å²) in [6, 6.07) is 5.33. The highest BCUT2D eigenvalue weighted by Crippen LogP contribution is 2.40. The van der Waals surface area contributed by atoms with Gasteiger partial charge in [0, 0.05) is 38.4 Å². The number of amides is 1. The average Bonchev–Trinajstić information content (AvgIpc) is 2.55. The van der Waals surface area contributed by atoms with Gasteiger partial charge in [-0.25, -0.2) is 0 Å². The molecule has 3 rings (SSSR count). The lowest BCUT2D eigenvalue weighted by molar-refractivity contribution is -0.134. The molecule has 0 bridgehead atoms. The van der Waals surface area contributed by atoms with E-state index in [1.807, 2.05) is 11.8 Å². The van der Waals surface area contributed by atoms with Crippen LogP contribution in [0.5, 0.6) is 11.5 Å². The topological polar surface area (TPSA) is 55.8 Å². The summed E-state index contributed by atoms with van der Waals surface area (Å²) in [5, 5.41) is 0. The van der Waals surface area contributed by atoms with Gasteiger partial charge in [-0.3, -0.25) is 9.59 Å². The van der Waals surface area contributed by atoms with E-state index in [4.69, 9.17) is 9.47 Å². The molecule has 2 aliphatic heterocycles. The van der Waals surface area contributed by atoms with Gasteiger partial charge in [-0.15, -0.1) is 0 Å². The Kier molecular flexibility index (Phi) is 4.28. The molecule has 1 saturated heterocycles. The number of ether oxygens (including phenoxy) is 2. The van der Waals surface area contributed by atoms with Gasteiger partial charge < -0.3 is 14.4 Å². The molecule has 0 aromatic heterocycles. The van der Waals surface area contributed by atoms with E-state index < -0.39 is 5.60 Å². The fourth-order valence-electron chi connectivity index (χ4n) is 3.42. The molecule has 0 N–H and O–H groups in total. The van der Waals surface area contributed by atoms with Crippen molar-refractivity contribution in [3.05, 3.63) is 23.8 Å². The van der Waals surface area contributed by atoms with E-state index in [1.54, 1.807) is 25.3 Å². The molecule has 1 fully saturated rings. The Balaban J connectivity index is 1.75. The summed E-state index contributed by atoms with van der Waals surface area (Å²) in [6.07, 6.45) is 3.24. The average molecular weight is 317 g/mol. The van der Waals surface area contributed by atoms with Crippen LogP contribution in [0.25, 0.3) is 0 Å². The molecule has 0 atom stereocenters. The molecule has 0 radical (unpaired) electrons. The second-order valence-corrected chi connectivity index (χ2v) is 6.38. The van der Waals surface area contributed by atoms with Gasteiger partial charge in [0.25, 0.3) is 0 Å². The molecule has 2 heterocycles. The standard InChI is InChI=1S/C18H23NO4/c1-3-4-17(21)19-9-7-18(8-10-19)12-15(20)14-6-5-13(22-2)11-16(14)23-18/h5-6,11H,3-4,7-10,12H2,1-2H3. The number of methoxy groups -OCH3 is 1. The Morgan fingerprint density at radius 2 is 2.09 bits per heavy atom. The number of carbonyl (C=O) groups is 2. The van der Waals surface area contributed by atoms with E-state index in [0.717, 1.165) is 6.42 Å². The first-order valence-corrected chi connectivity index (χ1v) is 8.25. The Hall–Kier alpha value is -2.04. The molecule has 124 valence electrons. The number of fused-ring (bicyclic) bond motifs is 1. The van der Waals surface area contributed by atoms with E-state index in [9.17, 15) is 9.59 Å². The number of hydrogen-bond donors (Lipinski definition) is 0. The number of benzene rings is 1. The number of Topliss-reactive ketones (excluding diaryl/α,β-unsaturated/α-hetero) is 1. The van der Waals surface area contributed by atoms with Crippen LogP contribution in [-0.2, 0) is 4.79 Å². The monoisotopic (exact) mass is 317 g/mol. The van der Waals surface area contributed by atoms with Crippen molar-refractivity contribution in [1.29, 1.82) is 0 Å². The predicted molar refractivity (Wildman–Crippen MR) is 86.0 cm³/mol. The molecule has 0 saturated carbocycles. The molecule has 5 nitrogen and oxygen atoms in total. The zero-order valence-electron chi connectivity index (χ0n) is 13.8. The van der Waals surface area contributed by atoms with Crippen LogP contribution < -0.4 is 9.47 Å². The second kappa shape index (κ2) is 6.22. The zero-order valence-corrected chi connectivity index (χ0v) is 13.8. The van der Waals surface area contributed by atoms with Crippen molar-refractivity contribution in [1.82, 2.24) is 4.90 Å². The smallest absolute Gasteiger partial charge is 0.222 e. The van der Waals surface area contributed by atoms with Gasteiger partial charge in [0.2, 0.25) is 5.91 Å². The Morgan fingerprint density at radius 1 is 1.35 bits per heavy atom. The van der Waals surface area contributed by atoms with Gasteiger partial charge in [0.05, 0.1) is 19.1 Å². The first-order valence-electron chi connectivity index (χ1n) is 8.25. The van der Waals surface area contributed by atoms with E-state index in [2.05, 4.69) is 0 Å². The lowest BCUT2D eigenvalue weighted by Gasteiger charge is -2.44. The van der Waals surface area contributed by atoms with Crippen molar-refractivity contribution in [2.24, 2.45) is 0 Å². The maximum atomic E-state index is 12.5. The summed E-state index contributed by atoms with van der Waals surface area (Å²) < 4.78 is 11.4. The second-order valence-electron chi connectivity index (χ2n) is 6.38. The van der Waals surface area contributed by atoms with Crippen LogP contribution in [0.15, 0.2) is 18.2 Å². The summed E-state index contributed by atoms with van der Waals surface area (Å²) in [5.41, 5.74) is 0.153. The van der Waals surface area contributed by atoms with E-state index in [1.165, 1.54) is 0 Å². The fourth-order valence-corrected chi connectivity index (χ4v) is 3.42. The first kappa shape index (κ1) is 15.8. The van der Waals surface area contributed by atoms with Crippen molar-refractivity contribution < 1.29 is 19.1 Å². The Morgan fingerprint density at radius 3 is 2.74 bits per heavy atom. The summed E-state index contributed by atoms with van der Waals surface area (Å²) >= 11 is 0. The van der Waals surface area contributed by atoms with Crippen LogP contribution in [-0.4, -0.2) is 42.4 Å². The minimum Gasteiger partial charge on any atom is -0.497 e. The van der Waals surface area contributed by atoms with Gasteiger partial charge in [-0.2, -0.15) is 0 Å². The molecule has 0 aliphatic carbocycles. The zero-order chi connectivity index (χ0) is 16.4. The lowest BCUT2D eigenvalue weighted by atomic mass is 9.82. The van der Waals surface area contributed by atoms with Gasteiger partial charge in [-0.1, -0.05) is 6.92 Å². The molecule has 2 aliphatic rings. The third-order valence-electron chi connectivity index (χ3n) is 4.79. The maximum absolute atomic E-state index is 12.5. The minimum absolute atomic E-state index is 0.113. The Bertz CT molecular complexity index is 617. The third-order valence-corrected chi connectivity index (χ3v) is 4.79. The number of nitrogens with zero attached hydrogens (tertiary/aromatic N) is 1. The van der Waals surface area contributed by atoms with Gasteiger partial charge in [0.1, 0.15) is 17.1 Å². The first-order chi connectivity index (χ1) is 11.1. The third kappa shape index (κ3) is 3.05. The van der Waals surface area contributed by atoms with Crippen LogP contribution in [0.1, 0.15) is 49.4 Å². The molecule has 1 amide bonds. The highest BCUT2D eigenvalue weighted by atomic mass is 16.5. The summed E-state index contributed by atoms with van der Waals surface area (Å²) in [6.45, 7) is 3.33. The number of hydrogen-bond acceptors (Lipinski definition) is 4. The van der Waals surface area contributed by atoms with Crippen molar-refractivity contribution in [3.63, 3.8) is 0 Å². The van der Waals surface area contributed by atoms with Gasteiger partial charge in [-0.05, 0) is 18.6 Å². The van der Waals surface area contributed by atoms with Crippen LogP contribution in [0.4, 0.5) is 0 Å². The molecular formula is C18H23NO4. The number of piperidine rings is 1. The SMILES string of the molecule is CCCC(=O)N1CCC2(CC1)CC(=O)c1ccc(OC)cc1O2. The van der Waals surface area contributed by atoms with Gasteiger partial charge >= 0.3 is 0 Å². The van der Waals surface area contributed by atoms with Crippen molar-refractivity contribution >= 4 is 11.7 Å². The molecular weight excluding hydrogens is 294 g/mol. The Labute approximate surface area is 136 Å². The highest BCUT2D eigenvalue weighted by Gasteiger charge is 2.43. The normalized spacial score (nSPS) is 19.2. The van der Waals surface area contributed by atoms with Crippen molar-refractivity contribution in [3.8, 4) is 11.5 Å². The number of rotatable bonds is 3.